The fourth-order valence-corrected chi connectivity index (χ4v) is 3.28. The van der Waals surface area contributed by atoms with E-state index in [0.29, 0.717) is 53.8 Å². The number of rotatable bonds is 2. The molecular formula is C23H28BCl2NNaO6. The van der Waals surface area contributed by atoms with Crippen LogP contribution >= 0.6 is 23.2 Å². The zero-order valence-corrected chi connectivity index (χ0v) is 22.7. The summed E-state index contributed by atoms with van der Waals surface area (Å²) in [6, 6.07) is 8.58. The molecule has 2 aromatic carbocycles. The largest absolute Gasteiger partial charge is 1.00 e. The molecule has 0 unspecified atom stereocenters. The number of hydrogen-bond donors (Lipinski definition) is 2. The van der Waals surface area contributed by atoms with Crippen LogP contribution in [0.1, 0.15) is 41.4 Å². The summed E-state index contributed by atoms with van der Waals surface area (Å²) in [7, 11) is 0. The summed E-state index contributed by atoms with van der Waals surface area (Å²) < 4.78 is 10.2. The van der Waals surface area contributed by atoms with Gasteiger partial charge in [-0.15, -0.1) is 0 Å². The minimum atomic E-state index is -0.163. The maximum atomic E-state index is 12.0. The summed E-state index contributed by atoms with van der Waals surface area (Å²) in [4.78, 5) is 23.9. The standard InChI is InChI=1S/C11H12ClNO3.C7H5ClO2.C5H10O.B.Na.H/c12-10-2-1-8(14)7-9(10)11(15)13-3-5-16-6-4-13;8-7-2-1-6(10)3-5(7)4-9;1-2-4-6-5-3-1;;;/h1-2,7,14H,3-6H2;1-4,10H;1-5H2;;;/q;;;;+1;-1. The molecule has 0 bridgehead atoms. The Kier molecular flexibility index (Phi) is 17.4. The first-order valence-electron chi connectivity index (χ1n) is 10.3. The molecule has 2 aliphatic rings. The topological polar surface area (TPSA) is 96.3 Å². The van der Waals surface area contributed by atoms with E-state index >= 15 is 0 Å². The van der Waals surface area contributed by atoms with Crippen molar-refractivity contribution in [2.24, 2.45) is 0 Å². The van der Waals surface area contributed by atoms with Crippen molar-refractivity contribution in [1.82, 2.24) is 4.90 Å². The second-order valence-corrected chi connectivity index (χ2v) is 7.88. The van der Waals surface area contributed by atoms with Gasteiger partial charge in [-0.2, -0.15) is 0 Å². The van der Waals surface area contributed by atoms with Crippen molar-refractivity contribution in [3.05, 3.63) is 57.6 Å². The summed E-state index contributed by atoms with van der Waals surface area (Å²) in [6.07, 6.45) is 4.53. The maximum absolute atomic E-state index is 12.0. The molecule has 0 atom stereocenters. The van der Waals surface area contributed by atoms with E-state index in [2.05, 4.69) is 0 Å². The van der Waals surface area contributed by atoms with Gasteiger partial charge in [0.2, 0.25) is 0 Å². The quantitative estimate of drug-likeness (QED) is 0.459. The predicted molar refractivity (Wildman–Crippen MR) is 130 cm³/mol. The van der Waals surface area contributed by atoms with Crippen LogP contribution in [0.3, 0.4) is 0 Å². The van der Waals surface area contributed by atoms with Crippen LogP contribution in [0.4, 0.5) is 0 Å². The molecule has 2 N–H and O–H groups in total. The number of nitrogens with zero attached hydrogens (tertiary/aromatic N) is 1. The molecule has 7 nitrogen and oxygen atoms in total. The van der Waals surface area contributed by atoms with E-state index in [-0.39, 0.29) is 56.8 Å². The van der Waals surface area contributed by atoms with Gasteiger partial charge in [0.1, 0.15) is 11.5 Å². The Hall–Kier alpha value is -1.26. The second-order valence-electron chi connectivity index (χ2n) is 7.07. The zero-order chi connectivity index (χ0) is 23.3. The van der Waals surface area contributed by atoms with E-state index in [1.54, 1.807) is 4.90 Å². The van der Waals surface area contributed by atoms with Crippen molar-refractivity contribution in [2.75, 3.05) is 39.5 Å². The first-order chi connectivity index (χ1) is 15.4. The molecule has 2 fully saturated rings. The number of phenolic OH excluding ortho intramolecular Hbond substituents is 2. The molecule has 0 aromatic heterocycles. The van der Waals surface area contributed by atoms with Gasteiger partial charge >= 0.3 is 29.6 Å². The summed E-state index contributed by atoms with van der Waals surface area (Å²) in [5.41, 5.74) is 0.644. The average molecular weight is 519 g/mol. The van der Waals surface area contributed by atoms with Crippen LogP contribution in [0.5, 0.6) is 11.5 Å². The fraction of sp³-hybridized carbons (Fsp3) is 0.391. The normalized spacial score (nSPS) is 14.6. The third-order valence-electron chi connectivity index (χ3n) is 4.66. The summed E-state index contributed by atoms with van der Waals surface area (Å²) in [6.45, 7) is 4.21. The predicted octanol–water partition coefficient (Wildman–Crippen LogP) is 1.30. The molecule has 2 aliphatic heterocycles. The number of amides is 1. The van der Waals surface area contributed by atoms with E-state index in [1.807, 2.05) is 0 Å². The van der Waals surface area contributed by atoms with Gasteiger partial charge in [0.15, 0.2) is 6.29 Å². The summed E-state index contributed by atoms with van der Waals surface area (Å²) in [5.74, 6) is -0.0725. The molecular weight excluding hydrogens is 491 g/mol. The molecule has 4 rings (SSSR count). The minimum absolute atomic E-state index is 0. The number of ether oxygens (including phenoxy) is 2. The molecule has 0 spiro atoms. The Morgan fingerprint density at radius 3 is 1.88 bits per heavy atom. The number of hydrogen-bond acceptors (Lipinski definition) is 6. The minimum Gasteiger partial charge on any atom is -1.00 e. The number of morpholine rings is 1. The molecule has 3 radical (unpaired) electrons. The molecule has 2 aromatic rings. The van der Waals surface area contributed by atoms with E-state index < -0.39 is 0 Å². The van der Waals surface area contributed by atoms with Crippen molar-refractivity contribution < 1.29 is 60.3 Å². The molecule has 34 heavy (non-hydrogen) atoms. The molecule has 0 saturated carbocycles. The Morgan fingerprint density at radius 1 is 0.882 bits per heavy atom. The van der Waals surface area contributed by atoms with Crippen LogP contribution in [0, 0.1) is 0 Å². The van der Waals surface area contributed by atoms with Crippen LogP contribution in [-0.2, 0) is 9.47 Å². The fourth-order valence-electron chi connectivity index (χ4n) is 2.92. The van der Waals surface area contributed by atoms with Gasteiger partial charge in [-0.05, 0) is 55.7 Å². The number of halogens is 2. The van der Waals surface area contributed by atoms with Crippen LogP contribution < -0.4 is 29.6 Å². The maximum Gasteiger partial charge on any atom is 1.00 e. The zero-order valence-electron chi connectivity index (χ0n) is 20.2. The number of carbonyl (C=O) groups is 2. The van der Waals surface area contributed by atoms with Gasteiger partial charge in [-0.25, -0.2) is 0 Å². The average Bonchev–Trinajstić information content (AvgIpc) is 2.84. The molecule has 2 heterocycles. The van der Waals surface area contributed by atoms with Crippen molar-refractivity contribution in [3.8, 4) is 11.5 Å². The SMILES string of the molecule is C1CCOCC1.O=C(c1cc(O)ccc1Cl)N1CCOCC1.O=Cc1cc(O)ccc1Cl.[B].[H-].[Na+]. The van der Waals surface area contributed by atoms with E-state index in [4.69, 9.17) is 37.8 Å². The van der Waals surface area contributed by atoms with Gasteiger partial charge in [-0.1, -0.05) is 23.2 Å². The number of phenols is 2. The van der Waals surface area contributed by atoms with Crippen LogP contribution in [0.25, 0.3) is 0 Å². The van der Waals surface area contributed by atoms with Gasteiger partial charge in [0.05, 0.1) is 28.8 Å². The molecule has 1 amide bonds. The van der Waals surface area contributed by atoms with Gasteiger partial charge in [0, 0.05) is 40.3 Å². The third kappa shape index (κ3) is 11.4. The van der Waals surface area contributed by atoms with Crippen LogP contribution in [0.15, 0.2) is 36.4 Å². The number of carbonyl (C=O) groups excluding carboxylic acids is 2. The van der Waals surface area contributed by atoms with Crippen LogP contribution in [0.2, 0.25) is 10.0 Å². The Labute approximate surface area is 235 Å². The smallest absolute Gasteiger partial charge is 1.00 e. The van der Waals surface area contributed by atoms with Gasteiger partial charge in [-0.3, -0.25) is 9.59 Å². The number of benzene rings is 2. The van der Waals surface area contributed by atoms with Gasteiger partial charge in [0.25, 0.3) is 5.91 Å². The summed E-state index contributed by atoms with van der Waals surface area (Å²) in [5, 5.41) is 18.9. The second kappa shape index (κ2) is 18.1. The monoisotopic (exact) mass is 518 g/mol. The Morgan fingerprint density at radius 2 is 1.41 bits per heavy atom. The van der Waals surface area contributed by atoms with Crippen molar-refractivity contribution >= 4 is 43.8 Å². The summed E-state index contributed by atoms with van der Waals surface area (Å²) >= 11 is 11.5. The van der Waals surface area contributed by atoms with E-state index in [0.717, 1.165) is 13.2 Å². The number of aldehydes is 1. The van der Waals surface area contributed by atoms with E-state index in [9.17, 15) is 14.7 Å². The van der Waals surface area contributed by atoms with E-state index in [1.165, 1.54) is 55.7 Å². The van der Waals surface area contributed by atoms with Crippen LogP contribution in [-0.4, -0.2) is 75.2 Å². The molecule has 179 valence electrons. The molecule has 2 saturated heterocycles. The first kappa shape index (κ1) is 32.7. The van der Waals surface area contributed by atoms with Crippen molar-refractivity contribution in [1.29, 1.82) is 0 Å². The molecule has 11 heteroatoms. The third-order valence-corrected chi connectivity index (χ3v) is 5.34. The molecule has 0 aliphatic carbocycles. The Bertz CT molecular complexity index is 891. The Balaban J connectivity index is 0. The van der Waals surface area contributed by atoms with Crippen molar-refractivity contribution in [3.63, 3.8) is 0 Å². The van der Waals surface area contributed by atoms with Crippen molar-refractivity contribution in [2.45, 2.75) is 19.3 Å². The number of aromatic hydroxyl groups is 2. The van der Waals surface area contributed by atoms with Gasteiger partial charge < -0.3 is 26.0 Å². The first-order valence-corrected chi connectivity index (χ1v) is 11.0.